The fraction of sp³-hybridized carbons (Fsp3) is 0.136. The molecule has 0 heterocycles. The second-order valence-electron chi connectivity index (χ2n) is 6.83. The van der Waals surface area contributed by atoms with E-state index < -0.39 is 21.7 Å². The summed E-state index contributed by atoms with van der Waals surface area (Å²) in [7, 11) is -4.11. The normalized spacial score (nSPS) is 11.2. The number of hydrogen-bond donors (Lipinski definition) is 2. The van der Waals surface area contributed by atoms with Crippen molar-refractivity contribution in [1.29, 1.82) is 0 Å². The van der Waals surface area contributed by atoms with E-state index >= 15 is 0 Å². The van der Waals surface area contributed by atoms with E-state index in [-0.39, 0.29) is 28.5 Å². The molecule has 0 aliphatic heterocycles. The molecule has 0 fully saturated rings. The zero-order valence-electron chi connectivity index (χ0n) is 16.4. The maximum atomic E-state index is 13.8. The van der Waals surface area contributed by atoms with E-state index in [2.05, 4.69) is 10.0 Å². The van der Waals surface area contributed by atoms with Gasteiger partial charge >= 0.3 is 0 Å². The Labute approximate surface area is 173 Å². The molecule has 3 rings (SSSR count). The van der Waals surface area contributed by atoms with Crippen LogP contribution in [0.5, 0.6) is 0 Å². The molecule has 0 radical (unpaired) electrons. The van der Waals surface area contributed by atoms with Crippen molar-refractivity contribution in [3.8, 4) is 0 Å². The molecule has 0 aliphatic rings. The van der Waals surface area contributed by atoms with Crippen LogP contribution in [-0.2, 0) is 16.6 Å². The largest absolute Gasteiger partial charge is 0.348 e. The Balaban J connectivity index is 1.81. The van der Waals surface area contributed by atoms with E-state index in [9.17, 15) is 22.0 Å². The minimum Gasteiger partial charge on any atom is -0.348 e. The zero-order valence-corrected chi connectivity index (χ0v) is 17.2. The van der Waals surface area contributed by atoms with Crippen LogP contribution in [0.15, 0.2) is 65.6 Å². The van der Waals surface area contributed by atoms with Gasteiger partial charge in [0.15, 0.2) is 0 Å². The minimum absolute atomic E-state index is 0.0833. The summed E-state index contributed by atoms with van der Waals surface area (Å²) in [6, 6.07) is 14.1. The van der Waals surface area contributed by atoms with Gasteiger partial charge < -0.3 is 5.32 Å². The molecule has 1 amide bonds. The van der Waals surface area contributed by atoms with Gasteiger partial charge in [-0.05, 0) is 60.9 Å². The molecule has 0 bridgehead atoms. The van der Waals surface area contributed by atoms with Crippen molar-refractivity contribution in [2.75, 3.05) is 4.72 Å². The third-order valence-electron chi connectivity index (χ3n) is 4.57. The summed E-state index contributed by atoms with van der Waals surface area (Å²) in [6.45, 7) is 3.39. The number of anilines is 1. The zero-order chi connectivity index (χ0) is 21.9. The summed E-state index contributed by atoms with van der Waals surface area (Å²) < 4.78 is 54.9. The molecule has 0 aromatic heterocycles. The second-order valence-corrected chi connectivity index (χ2v) is 8.51. The number of benzene rings is 3. The summed E-state index contributed by atoms with van der Waals surface area (Å²) in [5, 5.41) is 2.66. The molecule has 5 nitrogen and oxygen atoms in total. The lowest BCUT2D eigenvalue weighted by Gasteiger charge is -2.12. The van der Waals surface area contributed by atoms with Crippen LogP contribution < -0.4 is 10.0 Å². The molecule has 0 unspecified atom stereocenters. The Morgan fingerprint density at radius 3 is 2.30 bits per heavy atom. The van der Waals surface area contributed by atoms with Crippen LogP contribution in [0, 0.1) is 25.5 Å². The molecule has 0 aliphatic carbocycles. The highest BCUT2D eigenvalue weighted by Gasteiger charge is 2.19. The highest BCUT2D eigenvalue weighted by atomic mass is 32.2. The van der Waals surface area contributed by atoms with Crippen molar-refractivity contribution >= 4 is 21.6 Å². The minimum atomic E-state index is -4.11. The fourth-order valence-electron chi connectivity index (χ4n) is 2.78. The number of carbonyl (C=O) groups is 1. The van der Waals surface area contributed by atoms with Gasteiger partial charge in [0.05, 0.1) is 10.6 Å². The molecule has 2 N–H and O–H groups in total. The molecule has 30 heavy (non-hydrogen) atoms. The SMILES string of the molecule is Cc1ccc(CNC(=O)c2cc(S(=O)(=O)Nc3ccccc3F)ccc2C)cc1F. The molecule has 8 heteroatoms. The quantitative estimate of drug-likeness (QED) is 0.612. The predicted molar refractivity (Wildman–Crippen MR) is 111 cm³/mol. The Morgan fingerprint density at radius 1 is 0.900 bits per heavy atom. The highest BCUT2D eigenvalue weighted by molar-refractivity contribution is 7.92. The van der Waals surface area contributed by atoms with E-state index in [0.29, 0.717) is 16.7 Å². The van der Waals surface area contributed by atoms with Gasteiger partial charge in [0, 0.05) is 12.1 Å². The Hall–Kier alpha value is -3.26. The van der Waals surface area contributed by atoms with Gasteiger partial charge in [0.1, 0.15) is 11.6 Å². The van der Waals surface area contributed by atoms with Gasteiger partial charge in [0.25, 0.3) is 15.9 Å². The first kappa shape index (κ1) is 21.4. The first-order chi connectivity index (χ1) is 14.2. The van der Waals surface area contributed by atoms with Crippen LogP contribution in [0.1, 0.15) is 27.0 Å². The molecule has 0 atom stereocenters. The predicted octanol–water partition coefficient (Wildman–Crippen LogP) is 4.31. The van der Waals surface area contributed by atoms with Crippen LogP contribution in [0.2, 0.25) is 0 Å². The summed E-state index contributed by atoms with van der Waals surface area (Å²) in [5.74, 6) is -1.59. The van der Waals surface area contributed by atoms with Crippen LogP contribution >= 0.6 is 0 Å². The van der Waals surface area contributed by atoms with Crippen molar-refractivity contribution in [2.45, 2.75) is 25.3 Å². The number of sulfonamides is 1. The number of nitrogens with one attached hydrogen (secondary N) is 2. The average Bonchev–Trinajstić information content (AvgIpc) is 2.70. The number of halogens is 2. The lowest BCUT2D eigenvalue weighted by atomic mass is 10.1. The first-order valence-corrected chi connectivity index (χ1v) is 10.6. The number of hydrogen-bond acceptors (Lipinski definition) is 3. The van der Waals surface area contributed by atoms with E-state index in [1.807, 2.05) is 0 Å². The standard InChI is InChI=1S/C22H20F2N2O3S/c1-14-8-10-17(30(28,29)26-21-6-4-3-5-19(21)23)12-18(14)22(27)25-13-16-9-7-15(2)20(24)11-16/h3-12,26H,13H2,1-2H3,(H,25,27). The molecule has 3 aromatic carbocycles. The number of aryl methyl sites for hydroxylation is 2. The molecule has 3 aromatic rings. The van der Waals surface area contributed by atoms with Gasteiger partial charge in [0.2, 0.25) is 0 Å². The second kappa shape index (κ2) is 8.62. The molecule has 0 saturated heterocycles. The smallest absolute Gasteiger partial charge is 0.262 e. The van der Waals surface area contributed by atoms with Crippen LogP contribution in [0.25, 0.3) is 0 Å². The molecule has 0 saturated carbocycles. The van der Waals surface area contributed by atoms with Gasteiger partial charge in [-0.2, -0.15) is 0 Å². The molecular weight excluding hydrogens is 410 g/mol. The number of para-hydroxylation sites is 1. The van der Waals surface area contributed by atoms with Crippen LogP contribution in [0.4, 0.5) is 14.5 Å². The van der Waals surface area contributed by atoms with Crippen molar-refractivity contribution in [1.82, 2.24) is 5.32 Å². The summed E-state index contributed by atoms with van der Waals surface area (Å²) in [5.41, 5.74) is 1.60. The Morgan fingerprint density at radius 2 is 1.60 bits per heavy atom. The van der Waals surface area contributed by atoms with Gasteiger partial charge in [-0.25, -0.2) is 17.2 Å². The average molecular weight is 430 g/mol. The first-order valence-electron chi connectivity index (χ1n) is 9.08. The fourth-order valence-corrected chi connectivity index (χ4v) is 3.88. The monoisotopic (exact) mass is 430 g/mol. The van der Waals surface area contributed by atoms with E-state index in [1.54, 1.807) is 26.0 Å². The van der Waals surface area contributed by atoms with Crippen molar-refractivity contribution < 1.29 is 22.0 Å². The molecule has 156 valence electrons. The van der Waals surface area contributed by atoms with Gasteiger partial charge in [-0.3, -0.25) is 9.52 Å². The van der Waals surface area contributed by atoms with Crippen molar-refractivity contribution in [3.05, 3.63) is 94.6 Å². The molecular formula is C22H20F2N2O3S. The van der Waals surface area contributed by atoms with Gasteiger partial charge in [-0.1, -0.05) is 30.3 Å². The summed E-state index contributed by atoms with van der Waals surface area (Å²) in [4.78, 5) is 12.4. The van der Waals surface area contributed by atoms with Crippen molar-refractivity contribution in [2.24, 2.45) is 0 Å². The summed E-state index contributed by atoms with van der Waals surface area (Å²) >= 11 is 0. The lowest BCUT2D eigenvalue weighted by Crippen LogP contribution is -2.24. The van der Waals surface area contributed by atoms with Crippen molar-refractivity contribution in [3.63, 3.8) is 0 Å². The van der Waals surface area contributed by atoms with Crippen LogP contribution in [0.3, 0.4) is 0 Å². The number of carbonyl (C=O) groups excluding carboxylic acids is 1. The van der Waals surface area contributed by atoms with E-state index in [4.69, 9.17) is 0 Å². The highest BCUT2D eigenvalue weighted by Crippen LogP contribution is 2.21. The lowest BCUT2D eigenvalue weighted by molar-refractivity contribution is 0.0950. The number of amides is 1. The maximum Gasteiger partial charge on any atom is 0.262 e. The number of rotatable bonds is 6. The maximum absolute atomic E-state index is 13.8. The third kappa shape index (κ3) is 4.83. The van der Waals surface area contributed by atoms with Gasteiger partial charge in [-0.15, -0.1) is 0 Å². The Kier molecular flexibility index (Phi) is 6.17. The van der Waals surface area contributed by atoms with Crippen LogP contribution in [-0.4, -0.2) is 14.3 Å². The topological polar surface area (TPSA) is 75.3 Å². The third-order valence-corrected chi connectivity index (χ3v) is 5.93. The van der Waals surface area contributed by atoms with E-state index in [0.717, 1.165) is 6.07 Å². The summed E-state index contributed by atoms with van der Waals surface area (Å²) in [6.07, 6.45) is 0. The Bertz CT molecular complexity index is 1210. The molecule has 0 spiro atoms. The van der Waals surface area contributed by atoms with E-state index in [1.165, 1.54) is 42.5 Å².